The van der Waals surface area contributed by atoms with E-state index in [0.29, 0.717) is 33.7 Å². The van der Waals surface area contributed by atoms with Crippen molar-refractivity contribution < 1.29 is 14.0 Å². The highest BCUT2D eigenvalue weighted by Crippen LogP contribution is 2.25. The van der Waals surface area contributed by atoms with Crippen LogP contribution in [0.25, 0.3) is 11.4 Å². The summed E-state index contributed by atoms with van der Waals surface area (Å²) < 4.78 is 15.3. The summed E-state index contributed by atoms with van der Waals surface area (Å²) in [5, 5.41) is 9.53. The van der Waals surface area contributed by atoms with E-state index in [4.69, 9.17) is 11.6 Å². The standard InChI is InChI=1S/C24H19ClFN5O2S/c25-19-10-6-18(7-11-19)23(33)29-27-21(32)15-34-24-30-28-22(17-8-12-20(26)13-9-17)31(24)14-16-4-2-1-3-5-16/h1-13H,14-15H2,(H,27,32)(H,29,33). The van der Waals surface area contributed by atoms with Crippen molar-refractivity contribution in [1.29, 1.82) is 0 Å². The Labute approximate surface area is 204 Å². The summed E-state index contributed by atoms with van der Waals surface area (Å²) in [7, 11) is 0. The van der Waals surface area contributed by atoms with Crippen LogP contribution in [0.4, 0.5) is 4.39 Å². The van der Waals surface area contributed by atoms with E-state index in [1.807, 2.05) is 34.9 Å². The fraction of sp³-hybridized carbons (Fsp3) is 0.0833. The number of hydrazine groups is 1. The van der Waals surface area contributed by atoms with Crippen molar-refractivity contribution in [2.24, 2.45) is 0 Å². The molecule has 2 N–H and O–H groups in total. The Morgan fingerprint density at radius 1 is 0.912 bits per heavy atom. The van der Waals surface area contributed by atoms with E-state index in [-0.39, 0.29) is 11.6 Å². The highest BCUT2D eigenvalue weighted by molar-refractivity contribution is 7.99. The number of carbonyl (C=O) groups excluding carboxylic acids is 2. The van der Waals surface area contributed by atoms with Crippen molar-refractivity contribution in [3.05, 3.63) is 101 Å². The van der Waals surface area contributed by atoms with Gasteiger partial charge in [0.15, 0.2) is 11.0 Å². The Morgan fingerprint density at radius 2 is 1.62 bits per heavy atom. The van der Waals surface area contributed by atoms with Crippen LogP contribution in [-0.2, 0) is 11.3 Å². The minimum Gasteiger partial charge on any atom is -0.298 e. The van der Waals surface area contributed by atoms with Gasteiger partial charge in [-0.1, -0.05) is 53.7 Å². The van der Waals surface area contributed by atoms with Crippen LogP contribution in [-0.4, -0.2) is 32.3 Å². The monoisotopic (exact) mass is 495 g/mol. The van der Waals surface area contributed by atoms with Gasteiger partial charge in [0.1, 0.15) is 5.82 Å². The van der Waals surface area contributed by atoms with E-state index in [2.05, 4.69) is 21.0 Å². The molecule has 4 aromatic rings. The molecule has 0 saturated carbocycles. The van der Waals surface area contributed by atoms with E-state index >= 15 is 0 Å². The molecule has 172 valence electrons. The van der Waals surface area contributed by atoms with Crippen molar-refractivity contribution in [2.75, 3.05) is 5.75 Å². The second-order valence-corrected chi connectivity index (χ2v) is 8.56. The highest BCUT2D eigenvalue weighted by atomic mass is 35.5. The lowest BCUT2D eigenvalue weighted by atomic mass is 10.2. The molecule has 0 spiro atoms. The Hall–Kier alpha value is -3.69. The maximum absolute atomic E-state index is 13.4. The molecule has 0 atom stereocenters. The van der Waals surface area contributed by atoms with Gasteiger partial charge in [0, 0.05) is 16.1 Å². The average molecular weight is 496 g/mol. The third kappa shape index (κ3) is 6.00. The summed E-state index contributed by atoms with van der Waals surface area (Å²) in [4.78, 5) is 24.5. The van der Waals surface area contributed by atoms with Gasteiger partial charge in [-0.2, -0.15) is 0 Å². The Morgan fingerprint density at radius 3 is 2.32 bits per heavy atom. The van der Waals surface area contributed by atoms with Gasteiger partial charge in [0.05, 0.1) is 12.3 Å². The number of amides is 2. The summed E-state index contributed by atoms with van der Waals surface area (Å²) in [6.45, 7) is 0.470. The van der Waals surface area contributed by atoms with E-state index in [9.17, 15) is 14.0 Å². The number of halogens is 2. The normalized spacial score (nSPS) is 10.6. The second-order valence-electron chi connectivity index (χ2n) is 7.18. The van der Waals surface area contributed by atoms with Gasteiger partial charge >= 0.3 is 0 Å². The third-order valence-electron chi connectivity index (χ3n) is 4.76. The molecule has 0 fully saturated rings. The zero-order valence-electron chi connectivity index (χ0n) is 17.7. The Kier molecular flexibility index (Phi) is 7.56. The Bertz CT molecular complexity index is 1280. The van der Waals surface area contributed by atoms with Crippen LogP contribution in [0.3, 0.4) is 0 Å². The molecule has 7 nitrogen and oxygen atoms in total. The number of nitrogens with zero attached hydrogens (tertiary/aromatic N) is 3. The smallest absolute Gasteiger partial charge is 0.269 e. The molecule has 2 amide bonds. The van der Waals surface area contributed by atoms with Crippen LogP contribution in [0.2, 0.25) is 5.02 Å². The molecule has 34 heavy (non-hydrogen) atoms. The van der Waals surface area contributed by atoms with E-state index in [0.717, 1.165) is 5.56 Å². The van der Waals surface area contributed by atoms with Crippen molar-refractivity contribution in [3.8, 4) is 11.4 Å². The third-order valence-corrected chi connectivity index (χ3v) is 5.98. The zero-order chi connectivity index (χ0) is 23.9. The number of carbonyl (C=O) groups is 2. The maximum atomic E-state index is 13.4. The van der Waals surface area contributed by atoms with Crippen LogP contribution >= 0.6 is 23.4 Å². The molecule has 0 aliphatic carbocycles. The van der Waals surface area contributed by atoms with Crippen molar-refractivity contribution in [2.45, 2.75) is 11.7 Å². The van der Waals surface area contributed by atoms with Gasteiger partial charge in [0.2, 0.25) is 5.91 Å². The van der Waals surface area contributed by atoms with Crippen molar-refractivity contribution in [3.63, 3.8) is 0 Å². The van der Waals surface area contributed by atoms with Crippen molar-refractivity contribution >= 4 is 35.2 Å². The molecule has 4 rings (SSSR count). The first-order valence-electron chi connectivity index (χ1n) is 10.2. The number of nitrogens with one attached hydrogen (secondary N) is 2. The number of rotatable bonds is 7. The quantitative estimate of drug-likeness (QED) is 0.294. The maximum Gasteiger partial charge on any atom is 0.269 e. The van der Waals surface area contributed by atoms with Gasteiger partial charge in [0.25, 0.3) is 5.91 Å². The minimum atomic E-state index is -0.458. The summed E-state index contributed by atoms with van der Waals surface area (Å²) in [6, 6.07) is 22.0. The first-order chi connectivity index (χ1) is 16.5. The Balaban J connectivity index is 1.44. The van der Waals surface area contributed by atoms with Crippen LogP contribution in [0.1, 0.15) is 15.9 Å². The SMILES string of the molecule is O=C(CSc1nnc(-c2ccc(F)cc2)n1Cc1ccccc1)NNC(=O)c1ccc(Cl)cc1. The molecule has 10 heteroatoms. The molecule has 1 heterocycles. The highest BCUT2D eigenvalue weighted by Gasteiger charge is 2.17. The van der Waals surface area contributed by atoms with Gasteiger partial charge in [-0.15, -0.1) is 10.2 Å². The van der Waals surface area contributed by atoms with Crippen LogP contribution in [0.15, 0.2) is 84.0 Å². The molecular weight excluding hydrogens is 477 g/mol. The molecule has 1 aromatic heterocycles. The van der Waals surface area contributed by atoms with E-state index in [1.54, 1.807) is 36.4 Å². The first kappa shape index (κ1) is 23.5. The number of thioether (sulfide) groups is 1. The number of hydrogen-bond donors (Lipinski definition) is 2. The lowest BCUT2D eigenvalue weighted by Gasteiger charge is -2.11. The molecular formula is C24H19ClFN5O2S. The molecule has 0 aliphatic heterocycles. The number of aromatic nitrogens is 3. The van der Waals surface area contributed by atoms with Gasteiger partial charge in [-0.05, 0) is 54.1 Å². The lowest BCUT2D eigenvalue weighted by molar-refractivity contribution is -0.119. The van der Waals surface area contributed by atoms with Crippen LogP contribution in [0, 0.1) is 5.82 Å². The molecule has 3 aromatic carbocycles. The van der Waals surface area contributed by atoms with Gasteiger partial charge < -0.3 is 0 Å². The largest absolute Gasteiger partial charge is 0.298 e. The molecule has 0 unspecified atom stereocenters. The topological polar surface area (TPSA) is 88.9 Å². The second kappa shape index (κ2) is 11.0. The summed E-state index contributed by atoms with van der Waals surface area (Å²) in [5.74, 6) is -0.657. The molecule has 0 bridgehead atoms. The summed E-state index contributed by atoms with van der Waals surface area (Å²) in [6.07, 6.45) is 0. The fourth-order valence-electron chi connectivity index (χ4n) is 3.08. The minimum absolute atomic E-state index is 0.00274. The van der Waals surface area contributed by atoms with Crippen LogP contribution < -0.4 is 10.9 Å². The predicted octanol–water partition coefficient (Wildman–Crippen LogP) is 4.34. The van der Waals surface area contributed by atoms with Crippen molar-refractivity contribution in [1.82, 2.24) is 25.6 Å². The lowest BCUT2D eigenvalue weighted by Crippen LogP contribution is -2.42. The molecule has 0 aliphatic rings. The molecule has 0 saturated heterocycles. The van der Waals surface area contributed by atoms with Gasteiger partial charge in [-0.3, -0.25) is 25.0 Å². The van der Waals surface area contributed by atoms with Crippen LogP contribution in [0.5, 0.6) is 0 Å². The summed E-state index contributed by atoms with van der Waals surface area (Å²) >= 11 is 7.00. The summed E-state index contributed by atoms with van der Waals surface area (Å²) in [5.41, 5.74) is 6.85. The zero-order valence-corrected chi connectivity index (χ0v) is 19.3. The van der Waals surface area contributed by atoms with E-state index in [1.165, 1.54) is 23.9 Å². The number of hydrogen-bond acceptors (Lipinski definition) is 5. The number of benzene rings is 3. The van der Waals surface area contributed by atoms with E-state index < -0.39 is 11.8 Å². The average Bonchev–Trinajstić information content (AvgIpc) is 3.25. The van der Waals surface area contributed by atoms with Gasteiger partial charge in [-0.25, -0.2) is 4.39 Å². The molecule has 0 radical (unpaired) electrons. The first-order valence-corrected chi connectivity index (χ1v) is 11.6. The fourth-order valence-corrected chi connectivity index (χ4v) is 3.95. The predicted molar refractivity (Wildman–Crippen MR) is 129 cm³/mol.